The number of carbonyl (C=O) groups excluding carboxylic acids is 1. The standard InChI is InChI=1S/C15H12FN5O3/c1-8-11-5-9(7-17-14(11)20(2)19-8)15(22)18-10-3-4-12(16)13(6-10)21(23)24/h3-7H,1-2H3,(H,18,22). The molecule has 9 heteroatoms. The van der Waals surface area contributed by atoms with Gasteiger partial charge in [0.15, 0.2) is 5.65 Å². The molecule has 1 aromatic carbocycles. The first-order valence-corrected chi connectivity index (χ1v) is 6.91. The molecule has 0 spiro atoms. The summed E-state index contributed by atoms with van der Waals surface area (Å²) < 4.78 is 14.9. The Morgan fingerprint density at radius 1 is 1.38 bits per heavy atom. The van der Waals surface area contributed by atoms with Crippen LogP contribution in [0, 0.1) is 22.9 Å². The number of carbonyl (C=O) groups is 1. The van der Waals surface area contributed by atoms with E-state index in [2.05, 4.69) is 15.4 Å². The molecule has 1 amide bonds. The molecule has 2 aromatic heterocycles. The SMILES string of the molecule is Cc1nn(C)c2ncc(C(=O)Nc3ccc(F)c([N+](=O)[O-])c3)cc12. The number of aromatic nitrogens is 3. The third-order valence-electron chi connectivity index (χ3n) is 3.53. The zero-order valence-corrected chi connectivity index (χ0v) is 12.8. The predicted molar refractivity (Wildman–Crippen MR) is 84.3 cm³/mol. The number of amides is 1. The summed E-state index contributed by atoms with van der Waals surface area (Å²) in [6.45, 7) is 1.80. The average molecular weight is 329 g/mol. The van der Waals surface area contributed by atoms with Gasteiger partial charge in [-0.2, -0.15) is 9.49 Å². The Morgan fingerprint density at radius 2 is 2.12 bits per heavy atom. The molecular weight excluding hydrogens is 317 g/mol. The molecule has 24 heavy (non-hydrogen) atoms. The first-order valence-electron chi connectivity index (χ1n) is 6.91. The number of nitro benzene ring substituents is 1. The van der Waals surface area contributed by atoms with Crippen LogP contribution in [-0.4, -0.2) is 25.6 Å². The fourth-order valence-electron chi connectivity index (χ4n) is 2.37. The lowest BCUT2D eigenvalue weighted by Crippen LogP contribution is -2.12. The topological polar surface area (TPSA) is 103 Å². The summed E-state index contributed by atoms with van der Waals surface area (Å²) in [4.78, 5) is 26.4. The van der Waals surface area contributed by atoms with Crippen LogP contribution in [0.3, 0.4) is 0 Å². The number of halogens is 1. The Hall–Kier alpha value is -3.36. The molecule has 0 aliphatic carbocycles. The second kappa shape index (κ2) is 5.69. The van der Waals surface area contributed by atoms with Crippen molar-refractivity contribution in [3.8, 4) is 0 Å². The van der Waals surface area contributed by atoms with Crippen LogP contribution in [0.15, 0.2) is 30.5 Å². The van der Waals surface area contributed by atoms with Crippen molar-refractivity contribution in [3.63, 3.8) is 0 Å². The minimum absolute atomic E-state index is 0.121. The van der Waals surface area contributed by atoms with Gasteiger partial charge in [0.05, 0.1) is 16.2 Å². The Bertz CT molecular complexity index is 983. The summed E-state index contributed by atoms with van der Waals surface area (Å²) in [6, 6.07) is 4.79. The molecule has 3 aromatic rings. The fraction of sp³-hybridized carbons (Fsp3) is 0.133. The number of nitro groups is 1. The smallest absolute Gasteiger partial charge is 0.306 e. The summed E-state index contributed by atoms with van der Waals surface area (Å²) >= 11 is 0. The van der Waals surface area contributed by atoms with E-state index >= 15 is 0 Å². The van der Waals surface area contributed by atoms with Gasteiger partial charge in [0.1, 0.15) is 0 Å². The van der Waals surface area contributed by atoms with Crippen molar-refractivity contribution < 1.29 is 14.1 Å². The van der Waals surface area contributed by atoms with Gasteiger partial charge in [-0.25, -0.2) is 4.98 Å². The Kier molecular flexibility index (Phi) is 3.68. The normalized spacial score (nSPS) is 10.8. The van der Waals surface area contributed by atoms with Crippen molar-refractivity contribution in [2.24, 2.45) is 7.05 Å². The third-order valence-corrected chi connectivity index (χ3v) is 3.53. The molecule has 0 radical (unpaired) electrons. The van der Waals surface area contributed by atoms with Gasteiger partial charge in [-0.15, -0.1) is 0 Å². The fourth-order valence-corrected chi connectivity index (χ4v) is 2.37. The Labute approximate surface area is 135 Å². The van der Waals surface area contributed by atoms with Crippen LogP contribution < -0.4 is 5.32 Å². The molecule has 0 saturated carbocycles. The molecular formula is C15H12FN5O3. The molecule has 0 bridgehead atoms. The number of hydrogen-bond acceptors (Lipinski definition) is 5. The van der Waals surface area contributed by atoms with Crippen LogP contribution in [-0.2, 0) is 7.05 Å². The average Bonchev–Trinajstić information content (AvgIpc) is 2.83. The van der Waals surface area contributed by atoms with E-state index in [1.165, 1.54) is 12.3 Å². The molecule has 122 valence electrons. The van der Waals surface area contributed by atoms with E-state index in [0.29, 0.717) is 5.65 Å². The number of rotatable bonds is 3. The van der Waals surface area contributed by atoms with E-state index in [4.69, 9.17) is 0 Å². The highest BCUT2D eigenvalue weighted by atomic mass is 19.1. The minimum atomic E-state index is -0.966. The zero-order valence-electron chi connectivity index (χ0n) is 12.8. The Balaban J connectivity index is 1.91. The lowest BCUT2D eigenvalue weighted by atomic mass is 10.2. The summed E-state index contributed by atoms with van der Waals surface area (Å²) in [5.74, 6) is -1.47. The van der Waals surface area contributed by atoms with Gasteiger partial charge >= 0.3 is 5.69 Å². The van der Waals surface area contributed by atoms with Crippen molar-refractivity contribution >= 4 is 28.3 Å². The largest absolute Gasteiger partial charge is 0.322 e. The number of anilines is 1. The molecule has 0 aliphatic heterocycles. The van der Waals surface area contributed by atoms with Gasteiger partial charge in [0.2, 0.25) is 5.82 Å². The van der Waals surface area contributed by atoms with Crippen molar-refractivity contribution in [2.45, 2.75) is 6.92 Å². The summed E-state index contributed by atoms with van der Waals surface area (Å²) in [5.41, 5.74) is 1.06. The molecule has 0 atom stereocenters. The van der Waals surface area contributed by atoms with E-state index in [1.54, 1.807) is 24.7 Å². The van der Waals surface area contributed by atoms with Crippen LogP contribution >= 0.6 is 0 Å². The quantitative estimate of drug-likeness (QED) is 0.587. The van der Waals surface area contributed by atoms with Crippen LogP contribution in [0.2, 0.25) is 0 Å². The number of benzene rings is 1. The van der Waals surface area contributed by atoms with Crippen molar-refractivity contribution in [3.05, 3.63) is 57.7 Å². The first-order chi connectivity index (χ1) is 11.4. The molecule has 8 nitrogen and oxygen atoms in total. The second-order valence-corrected chi connectivity index (χ2v) is 5.18. The van der Waals surface area contributed by atoms with Gasteiger partial charge < -0.3 is 5.32 Å². The summed E-state index contributed by atoms with van der Waals surface area (Å²) in [6.07, 6.45) is 1.39. The number of nitrogens with zero attached hydrogens (tertiary/aromatic N) is 4. The molecule has 2 heterocycles. The predicted octanol–water partition coefficient (Wildman–Crippen LogP) is 2.58. The van der Waals surface area contributed by atoms with E-state index < -0.39 is 22.3 Å². The van der Waals surface area contributed by atoms with E-state index in [1.807, 2.05) is 0 Å². The lowest BCUT2D eigenvalue weighted by molar-refractivity contribution is -0.387. The maximum Gasteiger partial charge on any atom is 0.306 e. The van der Waals surface area contributed by atoms with E-state index in [0.717, 1.165) is 23.2 Å². The van der Waals surface area contributed by atoms with E-state index in [-0.39, 0.29) is 11.3 Å². The highest BCUT2D eigenvalue weighted by Crippen LogP contribution is 2.22. The van der Waals surface area contributed by atoms with Gasteiger partial charge in [0.25, 0.3) is 5.91 Å². The number of aryl methyl sites for hydroxylation is 2. The monoisotopic (exact) mass is 329 g/mol. The number of pyridine rings is 1. The van der Waals surface area contributed by atoms with Gasteiger partial charge in [0, 0.05) is 30.4 Å². The lowest BCUT2D eigenvalue weighted by Gasteiger charge is -2.05. The summed E-state index contributed by atoms with van der Waals surface area (Å²) in [5, 5.41) is 18.2. The van der Waals surface area contributed by atoms with E-state index in [9.17, 15) is 19.3 Å². The van der Waals surface area contributed by atoms with Crippen molar-refractivity contribution in [1.29, 1.82) is 0 Å². The van der Waals surface area contributed by atoms with Gasteiger partial charge in [-0.3, -0.25) is 19.6 Å². The van der Waals surface area contributed by atoms with Crippen LogP contribution in [0.25, 0.3) is 11.0 Å². The van der Waals surface area contributed by atoms with Crippen LogP contribution in [0.1, 0.15) is 16.1 Å². The van der Waals surface area contributed by atoms with Crippen molar-refractivity contribution in [2.75, 3.05) is 5.32 Å². The molecule has 0 saturated heterocycles. The summed E-state index contributed by atoms with van der Waals surface area (Å²) in [7, 11) is 1.75. The van der Waals surface area contributed by atoms with Gasteiger partial charge in [-0.1, -0.05) is 0 Å². The maximum atomic E-state index is 13.3. The maximum absolute atomic E-state index is 13.3. The highest BCUT2D eigenvalue weighted by Gasteiger charge is 2.17. The third kappa shape index (κ3) is 2.67. The number of fused-ring (bicyclic) bond motifs is 1. The molecule has 0 unspecified atom stereocenters. The Morgan fingerprint density at radius 3 is 2.83 bits per heavy atom. The minimum Gasteiger partial charge on any atom is -0.322 e. The molecule has 3 rings (SSSR count). The number of nitrogens with one attached hydrogen (secondary N) is 1. The first kappa shape index (κ1) is 15.5. The van der Waals surface area contributed by atoms with Crippen LogP contribution in [0.4, 0.5) is 15.8 Å². The molecule has 0 fully saturated rings. The van der Waals surface area contributed by atoms with Crippen LogP contribution in [0.5, 0.6) is 0 Å². The number of hydrogen-bond donors (Lipinski definition) is 1. The van der Waals surface area contributed by atoms with Gasteiger partial charge in [-0.05, 0) is 25.1 Å². The molecule has 0 aliphatic rings. The zero-order chi connectivity index (χ0) is 17.4. The van der Waals surface area contributed by atoms with Crippen molar-refractivity contribution in [1.82, 2.24) is 14.8 Å². The second-order valence-electron chi connectivity index (χ2n) is 5.18. The highest BCUT2D eigenvalue weighted by molar-refractivity contribution is 6.05. The molecule has 1 N–H and O–H groups in total.